The molecule has 0 aliphatic heterocycles. The Hall–Kier alpha value is -2.95. The van der Waals surface area contributed by atoms with Crippen molar-refractivity contribution in [1.29, 1.82) is 0 Å². The Morgan fingerprint density at radius 3 is 2.23 bits per heavy atom. The minimum atomic E-state index is 0.0287. The summed E-state index contributed by atoms with van der Waals surface area (Å²) in [6, 6.07) is 12.2. The van der Waals surface area contributed by atoms with E-state index >= 15 is 0 Å². The van der Waals surface area contributed by atoms with E-state index in [1.54, 1.807) is 25.3 Å². The highest BCUT2D eigenvalue weighted by molar-refractivity contribution is 5.98. The number of amides is 1. The van der Waals surface area contributed by atoms with Gasteiger partial charge in [0.2, 0.25) is 0 Å². The number of nitrogens with zero attached hydrogens (tertiary/aromatic N) is 3. The van der Waals surface area contributed by atoms with Crippen LogP contribution in [0.4, 0.5) is 0 Å². The lowest BCUT2D eigenvalue weighted by molar-refractivity contribution is 0.0826. The van der Waals surface area contributed by atoms with Gasteiger partial charge in [-0.1, -0.05) is 18.2 Å². The summed E-state index contributed by atoms with van der Waals surface area (Å²) in [5.74, 6) is 1.39. The van der Waals surface area contributed by atoms with Gasteiger partial charge in [-0.15, -0.1) is 0 Å². The van der Waals surface area contributed by atoms with Gasteiger partial charge in [-0.05, 0) is 79.7 Å². The van der Waals surface area contributed by atoms with E-state index in [0.717, 1.165) is 42.5 Å². The molecular weight excluding hydrogens is 386 g/mol. The second kappa shape index (κ2) is 7.95. The van der Waals surface area contributed by atoms with Crippen LogP contribution in [0.15, 0.2) is 48.9 Å². The van der Waals surface area contributed by atoms with Crippen molar-refractivity contribution in [3.05, 3.63) is 71.3 Å². The molecule has 2 heterocycles. The van der Waals surface area contributed by atoms with Crippen LogP contribution in [-0.2, 0) is 0 Å². The van der Waals surface area contributed by atoms with Crippen molar-refractivity contribution in [3.8, 4) is 0 Å². The molecule has 5 heteroatoms. The first-order valence-electron chi connectivity index (χ1n) is 11.3. The monoisotopic (exact) mass is 415 g/mol. The van der Waals surface area contributed by atoms with Crippen molar-refractivity contribution in [2.45, 2.75) is 50.4 Å². The first-order valence-corrected chi connectivity index (χ1v) is 11.3. The Labute approximate surface area is 183 Å². The second-order valence-electron chi connectivity index (χ2n) is 9.33. The summed E-state index contributed by atoms with van der Waals surface area (Å²) in [4.78, 5) is 31.6. The fourth-order valence-corrected chi connectivity index (χ4v) is 5.03. The van der Waals surface area contributed by atoms with E-state index in [2.05, 4.69) is 29.2 Å². The number of aromatic nitrogens is 2. The molecule has 2 aliphatic rings. The van der Waals surface area contributed by atoms with Crippen LogP contribution in [0.5, 0.6) is 0 Å². The molecule has 31 heavy (non-hydrogen) atoms. The molecular formula is C26H29N3O2. The van der Waals surface area contributed by atoms with Gasteiger partial charge in [0.15, 0.2) is 5.78 Å². The SMILES string of the molecule is CN(C)C(=O)c1ccc(C2CCC(C(=O)c3c(C4CC4)ccc4cncn34)CC2)cc1. The molecule has 2 saturated carbocycles. The molecule has 2 aliphatic carbocycles. The number of ketones is 1. The third kappa shape index (κ3) is 3.78. The molecule has 0 N–H and O–H groups in total. The summed E-state index contributed by atoms with van der Waals surface area (Å²) in [7, 11) is 3.54. The van der Waals surface area contributed by atoms with Gasteiger partial charge in [-0.2, -0.15) is 0 Å². The molecule has 5 rings (SSSR count). The molecule has 5 nitrogen and oxygen atoms in total. The number of rotatable bonds is 5. The lowest BCUT2D eigenvalue weighted by Gasteiger charge is -2.29. The van der Waals surface area contributed by atoms with E-state index < -0.39 is 0 Å². The highest BCUT2D eigenvalue weighted by Crippen LogP contribution is 2.44. The number of pyridine rings is 1. The standard InChI is InChI=1S/C26H29N3O2/c1-28(2)26(31)21-11-5-18(6-12-21)17-3-9-20(10-4-17)25(30)24-23(19-7-8-19)14-13-22-15-27-16-29(22)24/h5-6,11-17,19-20H,3-4,7-10H2,1-2H3. The zero-order valence-corrected chi connectivity index (χ0v) is 18.3. The molecule has 2 fully saturated rings. The van der Waals surface area contributed by atoms with Crippen LogP contribution in [0.2, 0.25) is 0 Å². The maximum absolute atomic E-state index is 13.6. The van der Waals surface area contributed by atoms with Gasteiger partial charge in [0.05, 0.1) is 23.7 Å². The van der Waals surface area contributed by atoms with Crippen molar-refractivity contribution >= 4 is 17.2 Å². The Kier molecular flexibility index (Phi) is 5.12. The third-order valence-electron chi connectivity index (χ3n) is 7.00. The van der Waals surface area contributed by atoms with Gasteiger partial charge in [-0.3, -0.25) is 14.0 Å². The fraction of sp³-hybridized carbons (Fsp3) is 0.423. The number of fused-ring (bicyclic) bond motifs is 1. The van der Waals surface area contributed by atoms with Crippen LogP contribution < -0.4 is 0 Å². The summed E-state index contributed by atoms with van der Waals surface area (Å²) >= 11 is 0. The quantitative estimate of drug-likeness (QED) is 0.547. The second-order valence-corrected chi connectivity index (χ2v) is 9.33. The van der Waals surface area contributed by atoms with Crippen LogP contribution in [-0.4, -0.2) is 40.1 Å². The third-order valence-corrected chi connectivity index (χ3v) is 7.00. The van der Waals surface area contributed by atoms with Gasteiger partial charge in [-0.25, -0.2) is 4.98 Å². The topological polar surface area (TPSA) is 54.7 Å². The predicted molar refractivity (Wildman–Crippen MR) is 121 cm³/mol. The number of carbonyl (C=O) groups excluding carboxylic acids is 2. The summed E-state index contributed by atoms with van der Waals surface area (Å²) in [6.07, 6.45) is 9.82. The Morgan fingerprint density at radius 1 is 0.903 bits per heavy atom. The van der Waals surface area contributed by atoms with E-state index in [1.165, 1.54) is 24.0 Å². The van der Waals surface area contributed by atoms with Gasteiger partial charge in [0, 0.05) is 25.6 Å². The number of hydrogen-bond acceptors (Lipinski definition) is 3. The molecule has 1 aromatic carbocycles. The van der Waals surface area contributed by atoms with Crippen molar-refractivity contribution in [1.82, 2.24) is 14.3 Å². The van der Waals surface area contributed by atoms with E-state index in [1.807, 2.05) is 22.7 Å². The highest BCUT2D eigenvalue weighted by Gasteiger charge is 2.34. The van der Waals surface area contributed by atoms with E-state index in [4.69, 9.17) is 0 Å². The van der Waals surface area contributed by atoms with Crippen LogP contribution in [0.3, 0.4) is 0 Å². The lowest BCUT2D eigenvalue weighted by atomic mass is 9.76. The minimum absolute atomic E-state index is 0.0287. The molecule has 0 bridgehead atoms. The van der Waals surface area contributed by atoms with E-state index in [0.29, 0.717) is 11.8 Å². The molecule has 3 aromatic rings. The largest absolute Gasteiger partial charge is 0.345 e. The maximum atomic E-state index is 13.6. The number of benzene rings is 1. The molecule has 2 aromatic heterocycles. The zero-order valence-electron chi connectivity index (χ0n) is 18.3. The first kappa shape index (κ1) is 20.0. The maximum Gasteiger partial charge on any atom is 0.253 e. The minimum Gasteiger partial charge on any atom is -0.345 e. The molecule has 160 valence electrons. The van der Waals surface area contributed by atoms with Crippen molar-refractivity contribution in [3.63, 3.8) is 0 Å². The Bertz CT molecular complexity index is 1120. The summed E-state index contributed by atoms with van der Waals surface area (Å²) in [5, 5.41) is 0. The molecule has 0 spiro atoms. The average molecular weight is 416 g/mol. The predicted octanol–water partition coefficient (Wildman–Crippen LogP) is 5.07. The fourth-order valence-electron chi connectivity index (χ4n) is 5.03. The number of hydrogen-bond donors (Lipinski definition) is 0. The highest BCUT2D eigenvalue weighted by atomic mass is 16.2. The lowest BCUT2D eigenvalue weighted by Crippen LogP contribution is -2.24. The zero-order chi connectivity index (χ0) is 21.5. The van der Waals surface area contributed by atoms with Gasteiger partial charge in [0.25, 0.3) is 5.91 Å². The van der Waals surface area contributed by atoms with Crippen LogP contribution in [0, 0.1) is 5.92 Å². The molecule has 1 amide bonds. The van der Waals surface area contributed by atoms with Crippen LogP contribution in [0.25, 0.3) is 5.52 Å². The smallest absolute Gasteiger partial charge is 0.253 e. The summed E-state index contributed by atoms with van der Waals surface area (Å²) in [5.41, 5.74) is 5.07. The van der Waals surface area contributed by atoms with Gasteiger partial charge in [0.1, 0.15) is 0 Å². The number of Topliss-reactive ketones (excluding diaryl/α,β-unsaturated/α-hetero) is 1. The van der Waals surface area contributed by atoms with Crippen LogP contribution in [0.1, 0.15) is 82.3 Å². The van der Waals surface area contributed by atoms with Crippen molar-refractivity contribution in [2.75, 3.05) is 14.1 Å². The Morgan fingerprint density at radius 2 is 1.58 bits per heavy atom. The molecule has 0 unspecified atom stereocenters. The molecule has 0 saturated heterocycles. The van der Waals surface area contributed by atoms with Crippen molar-refractivity contribution < 1.29 is 9.59 Å². The van der Waals surface area contributed by atoms with Gasteiger partial charge < -0.3 is 4.90 Å². The molecule has 0 radical (unpaired) electrons. The number of imidazole rings is 1. The van der Waals surface area contributed by atoms with Gasteiger partial charge >= 0.3 is 0 Å². The van der Waals surface area contributed by atoms with Crippen LogP contribution >= 0.6 is 0 Å². The normalized spacial score (nSPS) is 21.2. The van der Waals surface area contributed by atoms with E-state index in [9.17, 15) is 9.59 Å². The molecule has 0 atom stereocenters. The summed E-state index contributed by atoms with van der Waals surface area (Å²) < 4.78 is 2.00. The average Bonchev–Trinajstić information content (AvgIpc) is 3.54. The van der Waals surface area contributed by atoms with Crippen molar-refractivity contribution in [2.24, 2.45) is 5.92 Å². The first-order chi connectivity index (χ1) is 15.0. The number of carbonyl (C=O) groups is 2. The summed E-state index contributed by atoms with van der Waals surface area (Å²) in [6.45, 7) is 0. The Balaban J connectivity index is 1.31. The van der Waals surface area contributed by atoms with E-state index in [-0.39, 0.29) is 17.6 Å².